The summed E-state index contributed by atoms with van der Waals surface area (Å²) in [5, 5.41) is 0. The number of rotatable bonds is 6. The van der Waals surface area contributed by atoms with E-state index < -0.39 is 0 Å². The van der Waals surface area contributed by atoms with Crippen molar-refractivity contribution >= 4 is 17.7 Å². The largest absolute Gasteiger partial charge is 0.344 e. The molecule has 0 aromatic heterocycles. The number of nitrogens with two attached hydrogens (primary N) is 1. The maximum Gasteiger partial charge on any atom is 0.239 e. The lowest BCUT2D eigenvalue weighted by molar-refractivity contribution is -0.132. The van der Waals surface area contributed by atoms with Crippen molar-refractivity contribution in [3.63, 3.8) is 0 Å². The van der Waals surface area contributed by atoms with Gasteiger partial charge in [-0.05, 0) is 37.2 Å². The zero-order valence-corrected chi connectivity index (χ0v) is 12.0. The molecule has 1 saturated carbocycles. The highest BCUT2D eigenvalue weighted by Gasteiger charge is 2.21. The number of nitrogens with zero attached hydrogens (tertiary/aromatic N) is 1. The van der Waals surface area contributed by atoms with Crippen LogP contribution in [0, 0.1) is 5.92 Å². The Morgan fingerprint density at radius 3 is 2.65 bits per heavy atom. The van der Waals surface area contributed by atoms with Gasteiger partial charge in [0.25, 0.3) is 0 Å². The summed E-state index contributed by atoms with van der Waals surface area (Å²) in [6.45, 7) is 0.895. The van der Waals surface area contributed by atoms with Crippen molar-refractivity contribution in [3.8, 4) is 0 Å². The number of carbonyl (C=O) groups is 1. The first-order chi connectivity index (χ1) is 8.15. The molecule has 1 atom stereocenters. The lowest BCUT2D eigenvalue weighted by Crippen LogP contribution is -2.44. The molecule has 3 nitrogen and oxygen atoms in total. The van der Waals surface area contributed by atoms with Gasteiger partial charge >= 0.3 is 0 Å². The number of amides is 1. The van der Waals surface area contributed by atoms with Crippen LogP contribution in [-0.4, -0.2) is 42.4 Å². The molecule has 0 bridgehead atoms. The van der Waals surface area contributed by atoms with Crippen LogP contribution in [-0.2, 0) is 4.79 Å². The van der Waals surface area contributed by atoms with Crippen LogP contribution in [0.25, 0.3) is 0 Å². The Hall–Kier alpha value is -0.220. The lowest BCUT2D eigenvalue weighted by atomic mass is 9.89. The van der Waals surface area contributed by atoms with Crippen molar-refractivity contribution in [2.45, 2.75) is 44.6 Å². The van der Waals surface area contributed by atoms with Crippen LogP contribution >= 0.6 is 11.8 Å². The zero-order valence-electron chi connectivity index (χ0n) is 11.2. The first-order valence-corrected chi connectivity index (χ1v) is 8.04. The van der Waals surface area contributed by atoms with Crippen molar-refractivity contribution in [2.75, 3.05) is 25.6 Å². The Bertz CT molecular complexity index is 229. The molecule has 0 aromatic rings. The molecule has 0 aliphatic heterocycles. The summed E-state index contributed by atoms with van der Waals surface area (Å²) in [7, 11) is 1.90. The van der Waals surface area contributed by atoms with Gasteiger partial charge in [-0.15, -0.1) is 0 Å². The monoisotopic (exact) mass is 258 g/mol. The lowest BCUT2D eigenvalue weighted by Gasteiger charge is -2.28. The molecule has 0 unspecified atom stereocenters. The number of hydrogen-bond acceptors (Lipinski definition) is 3. The molecular formula is C13H26N2OS. The van der Waals surface area contributed by atoms with Gasteiger partial charge in [0.1, 0.15) is 0 Å². The number of carbonyl (C=O) groups excluding carboxylic acids is 1. The second kappa shape index (κ2) is 7.98. The molecule has 4 heteroatoms. The minimum atomic E-state index is -0.309. The van der Waals surface area contributed by atoms with Crippen LogP contribution < -0.4 is 5.73 Å². The molecule has 0 spiro atoms. The van der Waals surface area contributed by atoms with Gasteiger partial charge in [0.15, 0.2) is 0 Å². The number of thioether (sulfide) groups is 1. The quantitative estimate of drug-likeness (QED) is 0.793. The van der Waals surface area contributed by atoms with E-state index in [-0.39, 0.29) is 11.9 Å². The third-order valence-electron chi connectivity index (χ3n) is 3.58. The average molecular weight is 258 g/mol. The van der Waals surface area contributed by atoms with Gasteiger partial charge in [0, 0.05) is 13.6 Å². The van der Waals surface area contributed by atoms with Gasteiger partial charge in [-0.1, -0.05) is 19.3 Å². The molecular weight excluding hydrogens is 232 g/mol. The molecule has 0 radical (unpaired) electrons. The Morgan fingerprint density at radius 2 is 2.06 bits per heavy atom. The van der Waals surface area contributed by atoms with E-state index in [0.29, 0.717) is 5.92 Å². The first kappa shape index (κ1) is 14.8. The SMILES string of the molecule is CSCC[C@H](N)C(=O)N(C)CC1CCCCC1. The van der Waals surface area contributed by atoms with E-state index in [1.165, 1.54) is 32.1 Å². The second-order valence-electron chi connectivity index (χ2n) is 5.11. The highest BCUT2D eigenvalue weighted by atomic mass is 32.2. The van der Waals surface area contributed by atoms with Crippen LogP contribution in [0.2, 0.25) is 0 Å². The normalized spacial score (nSPS) is 19.0. The maximum absolute atomic E-state index is 12.0. The minimum absolute atomic E-state index is 0.115. The van der Waals surface area contributed by atoms with Crippen molar-refractivity contribution in [2.24, 2.45) is 11.7 Å². The zero-order chi connectivity index (χ0) is 12.7. The third-order valence-corrected chi connectivity index (χ3v) is 4.23. The molecule has 17 heavy (non-hydrogen) atoms. The molecule has 0 heterocycles. The summed E-state index contributed by atoms with van der Waals surface area (Å²) in [5.74, 6) is 1.78. The van der Waals surface area contributed by atoms with Crippen molar-refractivity contribution in [3.05, 3.63) is 0 Å². The van der Waals surface area contributed by atoms with Crippen LogP contribution in [0.1, 0.15) is 38.5 Å². The van der Waals surface area contributed by atoms with E-state index in [4.69, 9.17) is 5.73 Å². The predicted octanol–water partition coefficient (Wildman–Crippen LogP) is 2.11. The predicted molar refractivity (Wildman–Crippen MR) is 75.2 cm³/mol. The Labute approximate surface area is 109 Å². The van der Waals surface area contributed by atoms with E-state index in [0.717, 1.165) is 18.7 Å². The van der Waals surface area contributed by atoms with Crippen LogP contribution in [0.4, 0.5) is 0 Å². The molecule has 1 fully saturated rings. The second-order valence-corrected chi connectivity index (χ2v) is 6.10. The van der Waals surface area contributed by atoms with Gasteiger partial charge in [0.05, 0.1) is 6.04 Å². The Kier molecular flexibility index (Phi) is 6.97. The highest BCUT2D eigenvalue weighted by molar-refractivity contribution is 7.98. The Balaban J connectivity index is 2.29. The summed E-state index contributed by atoms with van der Waals surface area (Å²) in [5.41, 5.74) is 5.90. The van der Waals surface area contributed by atoms with Crippen molar-refractivity contribution in [1.82, 2.24) is 4.90 Å². The van der Waals surface area contributed by atoms with Crippen LogP contribution in [0.5, 0.6) is 0 Å². The van der Waals surface area contributed by atoms with Gasteiger partial charge in [-0.3, -0.25) is 4.79 Å². The van der Waals surface area contributed by atoms with Gasteiger partial charge < -0.3 is 10.6 Å². The van der Waals surface area contributed by atoms with Crippen molar-refractivity contribution < 1.29 is 4.79 Å². The van der Waals surface area contributed by atoms with Crippen LogP contribution in [0.3, 0.4) is 0 Å². The molecule has 1 rings (SSSR count). The summed E-state index contributed by atoms with van der Waals surface area (Å²) < 4.78 is 0. The first-order valence-electron chi connectivity index (χ1n) is 6.64. The fourth-order valence-corrected chi connectivity index (χ4v) is 2.99. The van der Waals surface area contributed by atoms with Gasteiger partial charge in [-0.25, -0.2) is 0 Å². The maximum atomic E-state index is 12.0. The van der Waals surface area contributed by atoms with Crippen molar-refractivity contribution in [1.29, 1.82) is 0 Å². The van der Waals surface area contributed by atoms with Crippen LogP contribution in [0.15, 0.2) is 0 Å². The van der Waals surface area contributed by atoms with E-state index in [1.54, 1.807) is 11.8 Å². The van der Waals surface area contributed by atoms with E-state index in [2.05, 4.69) is 0 Å². The standard InChI is InChI=1S/C13H26N2OS/c1-15(10-11-6-4-3-5-7-11)13(16)12(14)8-9-17-2/h11-12H,3-10,14H2,1-2H3/t12-/m0/s1. The fourth-order valence-electron chi connectivity index (χ4n) is 2.50. The molecule has 1 aliphatic rings. The molecule has 2 N–H and O–H groups in total. The average Bonchev–Trinajstić information content (AvgIpc) is 2.36. The fraction of sp³-hybridized carbons (Fsp3) is 0.923. The van der Waals surface area contributed by atoms with E-state index in [9.17, 15) is 4.79 Å². The van der Waals surface area contributed by atoms with Gasteiger partial charge in [-0.2, -0.15) is 11.8 Å². The minimum Gasteiger partial charge on any atom is -0.344 e. The molecule has 100 valence electrons. The number of likely N-dealkylation sites (N-methyl/N-ethyl adjacent to an activating group) is 1. The topological polar surface area (TPSA) is 46.3 Å². The van der Waals surface area contributed by atoms with E-state index >= 15 is 0 Å². The molecule has 1 aliphatic carbocycles. The summed E-state index contributed by atoms with van der Waals surface area (Å²) in [4.78, 5) is 13.9. The smallest absolute Gasteiger partial charge is 0.239 e. The number of hydrogen-bond donors (Lipinski definition) is 1. The summed E-state index contributed by atoms with van der Waals surface area (Å²) in [6.07, 6.45) is 9.39. The van der Waals surface area contributed by atoms with E-state index in [1.807, 2.05) is 18.2 Å². The van der Waals surface area contributed by atoms with Gasteiger partial charge in [0.2, 0.25) is 5.91 Å². The molecule has 0 saturated heterocycles. The third kappa shape index (κ3) is 5.30. The summed E-state index contributed by atoms with van der Waals surface area (Å²) in [6, 6.07) is -0.309. The molecule has 0 aromatic carbocycles. The highest BCUT2D eigenvalue weighted by Crippen LogP contribution is 2.24. The molecule has 1 amide bonds. The Morgan fingerprint density at radius 1 is 1.41 bits per heavy atom. The summed E-state index contributed by atoms with van der Waals surface area (Å²) >= 11 is 1.74.